The zero-order chi connectivity index (χ0) is 22.0. The van der Waals surface area contributed by atoms with Crippen LogP contribution in [0, 0.1) is 0 Å². The lowest BCUT2D eigenvalue weighted by molar-refractivity contribution is -0.145. The fraction of sp³-hybridized carbons (Fsp3) is 0.750. The van der Waals surface area contributed by atoms with Crippen molar-refractivity contribution < 1.29 is 23.9 Å². The highest BCUT2D eigenvalue weighted by atomic mass is 16.5. The van der Waals surface area contributed by atoms with Gasteiger partial charge in [0.1, 0.15) is 6.04 Å². The van der Waals surface area contributed by atoms with E-state index in [1.54, 1.807) is 0 Å². The van der Waals surface area contributed by atoms with Gasteiger partial charge >= 0.3 is 5.97 Å². The van der Waals surface area contributed by atoms with Crippen LogP contribution in [-0.4, -0.2) is 30.0 Å². The van der Waals surface area contributed by atoms with Crippen LogP contribution >= 0.6 is 0 Å². The van der Waals surface area contributed by atoms with Gasteiger partial charge in [-0.3, -0.25) is 14.4 Å². The van der Waals surface area contributed by atoms with E-state index >= 15 is 0 Å². The largest absolute Gasteiger partial charge is 0.421 e. The van der Waals surface area contributed by atoms with Gasteiger partial charge in [-0.2, -0.15) is 0 Å². The molecule has 0 aromatic rings. The Labute approximate surface area is 181 Å². The molecule has 1 atom stereocenters. The second-order valence-corrected chi connectivity index (χ2v) is 8.16. The van der Waals surface area contributed by atoms with Crippen molar-refractivity contribution in [2.75, 3.05) is 0 Å². The van der Waals surface area contributed by atoms with Crippen LogP contribution in [0.1, 0.15) is 110 Å². The summed E-state index contributed by atoms with van der Waals surface area (Å²) in [7, 11) is 0. The Morgan fingerprint density at radius 3 is 1.93 bits per heavy atom. The minimum absolute atomic E-state index is 0.149. The Morgan fingerprint density at radius 1 is 0.933 bits per heavy atom. The van der Waals surface area contributed by atoms with Crippen molar-refractivity contribution in [1.29, 1.82) is 0 Å². The molecule has 6 heteroatoms. The highest BCUT2D eigenvalue weighted by molar-refractivity contribution is 6.32. The second-order valence-electron chi connectivity index (χ2n) is 8.16. The maximum absolute atomic E-state index is 12.0. The highest BCUT2D eigenvalue weighted by Crippen LogP contribution is 2.15. The van der Waals surface area contributed by atoms with Gasteiger partial charge in [0, 0.05) is 6.42 Å². The molecule has 0 saturated carbocycles. The number of Topliss-reactive ketones (excluding diaryl/α,β-unsaturated/α-hetero) is 1. The van der Waals surface area contributed by atoms with Crippen molar-refractivity contribution in [3.63, 3.8) is 0 Å². The summed E-state index contributed by atoms with van der Waals surface area (Å²) in [5.41, 5.74) is 0. The van der Waals surface area contributed by atoms with Crippen LogP contribution < -0.4 is 5.32 Å². The molecule has 1 aliphatic heterocycles. The molecule has 1 rings (SSSR count). The summed E-state index contributed by atoms with van der Waals surface area (Å²) in [4.78, 5) is 45.7. The Balaban J connectivity index is 2.11. The molecule has 30 heavy (non-hydrogen) atoms. The number of unbranched alkanes of at least 4 members (excludes halogenated alkanes) is 13. The van der Waals surface area contributed by atoms with E-state index in [4.69, 9.17) is 4.74 Å². The number of ether oxygens (including phenoxy) is 1. The standard InChI is InChI=1S/C24H39NO5/c1-2-3-4-5-6-7-8-9-10-11-12-13-14-15-16-22(21(27)19-26)30-24(29)20-17-18-23(28)25-20/h16,19-20H,2-15,17-18H2,1H3,(H,25,28). The number of hydrogen-bond acceptors (Lipinski definition) is 5. The molecule has 0 aromatic heterocycles. The van der Waals surface area contributed by atoms with E-state index in [-0.39, 0.29) is 24.4 Å². The summed E-state index contributed by atoms with van der Waals surface area (Å²) < 4.78 is 5.08. The maximum atomic E-state index is 12.0. The van der Waals surface area contributed by atoms with Gasteiger partial charge in [0.05, 0.1) is 0 Å². The third-order valence-electron chi connectivity index (χ3n) is 5.48. The molecule has 1 saturated heterocycles. The minimum Gasteiger partial charge on any atom is -0.421 e. The number of carbonyl (C=O) groups is 4. The number of amides is 1. The highest BCUT2D eigenvalue weighted by Gasteiger charge is 2.30. The number of carbonyl (C=O) groups excluding carboxylic acids is 4. The van der Waals surface area contributed by atoms with Gasteiger partial charge in [-0.1, -0.05) is 84.0 Å². The minimum atomic E-state index is -0.845. The lowest BCUT2D eigenvalue weighted by atomic mass is 10.0. The molecule has 1 heterocycles. The van der Waals surface area contributed by atoms with Gasteiger partial charge in [0.2, 0.25) is 5.91 Å². The summed E-state index contributed by atoms with van der Waals surface area (Å²) in [6.45, 7) is 2.24. The van der Waals surface area contributed by atoms with Gasteiger partial charge in [-0.15, -0.1) is 0 Å². The average molecular weight is 422 g/mol. The summed E-state index contributed by atoms with van der Waals surface area (Å²) in [5.74, 6) is -1.97. The predicted molar refractivity (Wildman–Crippen MR) is 117 cm³/mol. The first-order valence-electron chi connectivity index (χ1n) is 11.8. The molecule has 0 radical (unpaired) electrons. The number of allylic oxidation sites excluding steroid dienone is 2. The number of hydrogen-bond donors (Lipinski definition) is 1. The molecule has 0 aliphatic carbocycles. The summed E-state index contributed by atoms with van der Waals surface area (Å²) >= 11 is 0. The molecule has 1 fully saturated rings. The molecule has 0 bridgehead atoms. The normalized spacial score (nSPS) is 16.4. The molecular weight excluding hydrogens is 382 g/mol. The maximum Gasteiger partial charge on any atom is 0.334 e. The molecule has 1 aliphatic rings. The molecule has 1 N–H and O–H groups in total. The van der Waals surface area contributed by atoms with Crippen molar-refractivity contribution in [3.05, 3.63) is 11.8 Å². The lowest BCUT2D eigenvalue weighted by Crippen LogP contribution is -2.35. The van der Waals surface area contributed by atoms with Crippen LogP contribution in [0.15, 0.2) is 11.8 Å². The van der Waals surface area contributed by atoms with Crippen molar-refractivity contribution in [2.24, 2.45) is 0 Å². The fourth-order valence-electron chi connectivity index (χ4n) is 3.62. The van der Waals surface area contributed by atoms with Crippen molar-refractivity contribution in [3.8, 4) is 0 Å². The first kappa shape index (κ1) is 26.1. The monoisotopic (exact) mass is 421 g/mol. The Bertz CT molecular complexity index is 570. The van der Waals surface area contributed by atoms with E-state index in [1.165, 1.54) is 70.3 Å². The summed E-state index contributed by atoms with van der Waals surface area (Å²) in [6.07, 6.45) is 19.2. The Kier molecular flexibility index (Phi) is 14.6. The Morgan fingerprint density at radius 2 is 1.47 bits per heavy atom. The van der Waals surface area contributed by atoms with E-state index in [0.717, 1.165) is 19.3 Å². The number of nitrogens with one attached hydrogen (secondary N) is 1. The predicted octanol–water partition coefficient (Wildman–Crippen LogP) is 4.94. The number of esters is 1. The molecule has 0 spiro atoms. The molecule has 6 nitrogen and oxygen atoms in total. The van der Waals surface area contributed by atoms with E-state index < -0.39 is 17.8 Å². The van der Waals surface area contributed by atoms with E-state index in [1.807, 2.05) is 0 Å². The van der Waals surface area contributed by atoms with Crippen LogP contribution in [-0.2, 0) is 23.9 Å². The number of aldehydes is 1. The first-order chi connectivity index (χ1) is 14.6. The first-order valence-corrected chi connectivity index (χ1v) is 11.8. The number of rotatable bonds is 18. The fourth-order valence-corrected chi connectivity index (χ4v) is 3.62. The van der Waals surface area contributed by atoms with Gasteiger partial charge < -0.3 is 10.1 Å². The lowest BCUT2D eigenvalue weighted by Gasteiger charge is -2.10. The van der Waals surface area contributed by atoms with Crippen LogP contribution in [0.4, 0.5) is 0 Å². The average Bonchev–Trinajstić information content (AvgIpc) is 3.18. The zero-order valence-corrected chi connectivity index (χ0v) is 18.6. The molecule has 0 aromatic carbocycles. The third-order valence-corrected chi connectivity index (χ3v) is 5.48. The van der Waals surface area contributed by atoms with Crippen LogP contribution in [0.5, 0.6) is 0 Å². The zero-order valence-electron chi connectivity index (χ0n) is 18.6. The van der Waals surface area contributed by atoms with Gasteiger partial charge in [0.15, 0.2) is 12.0 Å². The summed E-state index contributed by atoms with van der Waals surface area (Å²) in [5, 5.41) is 2.50. The van der Waals surface area contributed by atoms with Crippen LogP contribution in [0.2, 0.25) is 0 Å². The van der Waals surface area contributed by atoms with Crippen molar-refractivity contribution >= 4 is 23.9 Å². The Hall–Kier alpha value is -1.98. The summed E-state index contributed by atoms with van der Waals surface area (Å²) in [6, 6.07) is -0.739. The molecule has 170 valence electrons. The van der Waals surface area contributed by atoms with E-state index in [2.05, 4.69) is 12.2 Å². The van der Waals surface area contributed by atoms with Gasteiger partial charge in [-0.05, 0) is 25.3 Å². The second kappa shape index (κ2) is 16.8. The SMILES string of the molecule is CCCCCCCCCCCCCCCC=C(OC(=O)C1CCC(=O)N1)C(=O)C=O. The topological polar surface area (TPSA) is 89.5 Å². The van der Waals surface area contributed by atoms with E-state index in [9.17, 15) is 19.2 Å². The molecular formula is C24H39NO5. The smallest absolute Gasteiger partial charge is 0.334 e. The van der Waals surface area contributed by atoms with Crippen LogP contribution in [0.25, 0.3) is 0 Å². The van der Waals surface area contributed by atoms with Gasteiger partial charge in [-0.25, -0.2) is 4.79 Å². The quantitative estimate of drug-likeness (QED) is 0.0845. The van der Waals surface area contributed by atoms with E-state index in [0.29, 0.717) is 12.8 Å². The molecule has 1 unspecified atom stereocenters. The van der Waals surface area contributed by atoms with Crippen LogP contribution in [0.3, 0.4) is 0 Å². The number of ketones is 1. The third kappa shape index (κ3) is 11.9. The molecule has 1 amide bonds. The van der Waals surface area contributed by atoms with Gasteiger partial charge in [0.25, 0.3) is 5.78 Å². The van der Waals surface area contributed by atoms with Crippen molar-refractivity contribution in [2.45, 2.75) is 116 Å². The van der Waals surface area contributed by atoms with Crippen molar-refractivity contribution in [1.82, 2.24) is 5.32 Å².